The maximum Gasteiger partial charge on any atom is 0.339 e. The Labute approximate surface area is 112 Å². The Bertz CT molecular complexity index is 563. The van der Waals surface area contributed by atoms with Gasteiger partial charge in [0.05, 0.1) is 24.6 Å². The van der Waals surface area contributed by atoms with Gasteiger partial charge in [0.15, 0.2) is 0 Å². The molecule has 2 aromatic heterocycles. The van der Waals surface area contributed by atoms with E-state index in [9.17, 15) is 4.79 Å². The van der Waals surface area contributed by atoms with E-state index >= 15 is 0 Å². The van der Waals surface area contributed by atoms with Gasteiger partial charge in [-0.3, -0.25) is 4.98 Å². The first kappa shape index (κ1) is 13.3. The molecule has 5 nitrogen and oxygen atoms in total. The summed E-state index contributed by atoms with van der Waals surface area (Å²) in [6.07, 6.45) is 8.12. The van der Waals surface area contributed by atoms with E-state index in [0.717, 1.165) is 36.3 Å². The second kappa shape index (κ2) is 6.13. The number of methoxy groups -OCH3 is 1. The van der Waals surface area contributed by atoms with Gasteiger partial charge >= 0.3 is 5.97 Å². The van der Waals surface area contributed by atoms with Crippen LogP contribution in [0.4, 0.5) is 0 Å². The fraction of sp³-hybridized carbons (Fsp3) is 0.357. The average molecular weight is 259 g/mol. The second-order valence-electron chi connectivity index (χ2n) is 4.30. The number of H-pyrrole nitrogens is 1. The van der Waals surface area contributed by atoms with Gasteiger partial charge in [-0.25, -0.2) is 9.78 Å². The fourth-order valence-corrected chi connectivity index (χ4v) is 1.80. The summed E-state index contributed by atoms with van der Waals surface area (Å²) in [5.74, 6) is 0.570. The Balaban J connectivity index is 2.21. The Morgan fingerprint density at radius 1 is 1.37 bits per heavy atom. The lowest BCUT2D eigenvalue weighted by atomic mass is 10.1. The van der Waals surface area contributed by atoms with Crippen LogP contribution in [0.1, 0.15) is 35.9 Å². The fourth-order valence-electron chi connectivity index (χ4n) is 1.80. The van der Waals surface area contributed by atoms with Gasteiger partial charge in [0.25, 0.3) is 0 Å². The number of nitrogens with one attached hydrogen (secondary N) is 1. The molecular formula is C14H17N3O2. The Morgan fingerprint density at radius 2 is 2.21 bits per heavy atom. The molecule has 0 bridgehead atoms. The van der Waals surface area contributed by atoms with Crippen LogP contribution in [0.25, 0.3) is 11.3 Å². The Hall–Kier alpha value is -2.17. The molecule has 2 aromatic rings. The van der Waals surface area contributed by atoms with Crippen LogP contribution < -0.4 is 0 Å². The molecule has 0 aliphatic carbocycles. The summed E-state index contributed by atoms with van der Waals surface area (Å²) in [7, 11) is 1.36. The highest BCUT2D eigenvalue weighted by molar-refractivity contribution is 5.90. The quantitative estimate of drug-likeness (QED) is 0.838. The van der Waals surface area contributed by atoms with Crippen molar-refractivity contribution < 1.29 is 9.53 Å². The average Bonchev–Trinajstić information content (AvgIpc) is 2.93. The maximum absolute atomic E-state index is 11.5. The van der Waals surface area contributed by atoms with Crippen LogP contribution in [0.5, 0.6) is 0 Å². The number of ether oxygens (including phenoxy) is 1. The maximum atomic E-state index is 11.5. The van der Waals surface area contributed by atoms with Crippen molar-refractivity contribution in [3.8, 4) is 11.3 Å². The van der Waals surface area contributed by atoms with E-state index in [0.29, 0.717) is 5.56 Å². The van der Waals surface area contributed by atoms with Crippen molar-refractivity contribution in [2.45, 2.75) is 26.2 Å². The highest BCUT2D eigenvalue weighted by Crippen LogP contribution is 2.18. The third-order valence-electron chi connectivity index (χ3n) is 2.87. The molecule has 19 heavy (non-hydrogen) atoms. The zero-order valence-corrected chi connectivity index (χ0v) is 11.1. The summed E-state index contributed by atoms with van der Waals surface area (Å²) in [6, 6.07) is 1.75. The molecule has 2 heterocycles. The second-order valence-corrected chi connectivity index (χ2v) is 4.30. The normalized spacial score (nSPS) is 10.4. The molecule has 0 atom stereocenters. The molecule has 0 aliphatic rings. The largest absolute Gasteiger partial charge is 0.465 e. The minimum Gasteiger partial charge on any atom is -0.465 e. The summed E-state index contributed by atoms with van der Waals surface area (Å²) in [4.78, 5) is 23.1. The number of hydrogen-bond donors (Lipinski definition) is 1. The highest BCUT2D eigenvalue weighted by Gasteiger charge is 2.09. The van der Waals surface area contributed by atoms with Crippen molar-refractivity contribution >= 4 is 5.97 Å². The molecular weight excluding hydrogens is 242 g/mol. The molecule has 0 aliphatic heterocycles. The number of imidazole rings is 1. The van der Waals surface area contributed by atoms with Crippen LogP contribution in [0, 0.1) is 0 Å². The summed E-state index contributed by atoms with van der Waals surface area (Å²) >= 11 is 0. The van der Waals surface area contributed by atoms with Crippen molar-refractivity contribution in [3.05, 3.63) is 36.0 Å². The van der Waals surface area contributed by atoms with E-state index in [2.05, 4.69) is 26.6 Å². The van der Waals surface area contributed by atoms with Gasteiger partial charge in [0.2, 0.25) is 0 Å². The molecule has 0 amide bonds. The van der Waals surface area contributed by atoms with E-state index in [4.69, 9.17) is 0 Å². The first-order valence-corrected chi connectivity index (χ1v) is 6.32. The first-order chi connectivity index (χ1) is 9.24. The number of carbonyl (C=O) groups is 1. The third-order valence-corrected chi connectivity index (χ3v) is 2.87. The van der Waals surface area contributed by atoms with E-state index in [1.807, 2.05) is 0 Å². The van der Waals surface area contributed by atoms with E-state index in [-0.39, 0.29) is 5.97 Å². The van der Waals surface area contributed by atoms with Crippen LogP contribution in [-0.2, 0) is 11.2 Å². The molecule has 5 heteroatoms. The zero-order valence-electron chi connectivity index (χ0n) is 11.1. The Kier molecular flexibility index (Phi) is 4.28. The van der Waals surface area contributed by atoms with Crippen LogP contribution in [0.3, 0.4) is 0 Å². The van der Waals surface area contributed by atoms with Crippen molar-refractivity contribution in [2.75, 3.05) is 7.11 Å². The Morgan fingerprint density at radius 3 is 2.95 bits per heavy atom. The molecule has 1 N–H and O–H groups in total. The molecule has 0 unspecified atom stereocenters. The van der Waals surface area contributed by atoms with Crippen molar-refractivity contribution in [2.24, 2.45) is 0 Å². The summed E-state index contributed by atoms with van der Waals surface area (Å²) < 4.78 is 4.68. The van der Waals surface area contributed by atoms with Crippen molar-refractivity contribution in [3.63, 3.8) is 0 Å². The van der Waals surface area contributed by atoms with Gasteiger partial charge in [-0.15, -0.1) is 0 Å². The van der Waals surface area contributed by atoms with Gasteiger partial charge < -0.3 is 9.72 Å². The smallest absolute Gasteiger partial charge is 0.339 e. The number of rotatable bonds is 5. The van der Waals surface area contributed by atoms with Crippen molar-refractivity contribution in [1.29, 1.82) is 0 Å². The number of aromatic amines is 1. The van der Waals surface area contributed by atoms with E-state index in [1.165, 1.54) is 13.3 Å². The molecule has 2 rings (SSSR count). The molecule has 0 fully saturated rings. The lowest BCUT2D eigenvalue weighted by Crippen LogP contribution is -2.01. The number of aromatic nitrogens is 3. The number of nitrogens with zero attached hydrogens (tertiary/aromatic N) is 2. The summed E-state index contributed by atoms with van der Waals surface area (Å²) in [6.45, 7) is 2.15. The minimum absolute atomic E-state index is 0.389. The predicted octanol–water partition coefficient (Wildman–Crippen LogP) is 2.60. The lowest BCUT2D eigenvalue weighted by Gasteiger charge is -2.01. The van der Waals surface area contributed by atoms with Crippen molar-refractivity contribution in [1.82, 2.24) is 15.0 Å². The highest BCUT2D eigenvalue weighted by atomic mass is 16.5. The molecule has 100 valence electrons. The molecule has 0 spiro atoms. The summed E-state index contributed by atoms with van der Waals surface area (Å²) in [5, 5.41) is 0. The molecule has 0 saturated carbocycles. The first-order valence-electron chi connectivity index (χ1n) is 6.32. The van der Waals surface area contributed by atoms with Gasteiger partial charge in [-0.05, 0) is 12.5 Å². The van der Waals surface area contributed by atoms with Crippen LogP contribution in [0.15, 0.2) is 24.7 Å². The van der Waals surface area contributed by atoms with Gasteiger partial charge in [-0.1, -0.05) is 13.3 Å². The monoisotopic (exact) mass is 259 g/mol. The SMILES string of the molecule is CCCCc1ncc(-c2cncc(C(=O)OC)c2)[nH]1. The number of pyridine rings is 1. The molecule has 0 radical (unpaired) electrons. The predicted molar refractivity (Wildman–Crippen MR) is 71.8 cm³/mol. The van der Waals surface area contributed by atoms with E-state index in [1.54, 1.807) is 18.5 Å². The third kappa shape index (κ3) is 3.19. The standard InChI is InChI=1S/C14H17N3O2/c1-3-4-5-13-16-9-12(17-13)10-6-11(8-15-7-10)14(18)19-2/h6-9H,3-5H2,1-2H3,(H,16,17). The van der Waals surface area contributed by atoms with Gasteiger partial charge in [-0.2, -0.15) is 0 Å². The van der Waals surface area contributed by atoms with E-state index < -0.39 is 0 Å². The molecule has 0 aromatic carbocycles. The number of unbranched alkanes of at least 4 members (excludes halogenated alkanes) is 1. The van der Waals surface area contributed by atoms with Gasteiger partial charge in [0, 0.05) is 24.4 Å². The van der Waals surface area contributed by atoms with Crippen LogP contribution in [-0.4, -0.2) is 28.0 Å². The lowest BCUT2D eigenvalue weighted by molar-refractivity contribution is 0.0600. The number of esters is 1. The number of carbonyl (C=O) groups excluding carboxylic acids is 1. The zero-order chi connectivity index (χ0) is 13.7. The summed E-state index contributed by atoms with van der Waals surface area (Å²) in [5.41, 5.74) is 2.13. The minimum atomic E-state index is -0.389. The van der Waals surface area contributed by atoms with Gasteiger partial charge in [0.1, 0.15) is 5.82 Å². The number of aryl methyl sites for hydroxylation is 1. The van der Waals surface area contributed by atoms with Crippen LogP contribution >= 0.6 is 0 Å². The topological polar surface area (TPSA) is 67.9 Å². The molecule has 0 saturated heterocycles. The van der Waals surface area contributed by atoms with Crippen LogP contribution in [0.2, 0.25) is 0 Å². The number of hydrogen-bond acceptors (Lipinski definition) is 4.